The summed E-state index contributed by atoms with van der Waals surface area (Å²) in [5.41, 5.74) is 0.770. The highest BCUT2D eigenvalue weighted by Gasteiger charge is 2.24. The summed E-state index contributed by atoms with van der Waals surface area (Å²) in [5.74, 6) is 0.447. The van der Waals surface area contributed by atoms with Crippen molar-refractivity contribution in [3.05, 3.63) is 34.7 Å². The van der Waals surface area contributed by atoms with Crippen molar-refractivity contribution in [2.75, 3.05) is 7.11 Å². The third-order valence-electron chi connectivity index (χ3n) is 1.94. The molecule has 4 nitrogen and oxygen atoms in total. The van der Waals surface area contributed by atoms with Gasteiger partial charge in [-0.1, -0.05) is 0 Å². The largest absolute Gasteiger partial charge is 0.496 e. The maximum Gasteiger partial charge on any atom is 0.251 e. The first-order chi connectivity index (χ1) is 7.36. The van der Waals surface area contributed by atoms with Crippen LogP contribution in [0.4, 0.5) is 0 Å². The van der Waals surface area contributed by atoms with Gasteiger partial charge in [-0.15, -0.1) is 11.3 Å². The summed E-state index contributed by atoms with van der Waals surface area (Å²) in [5, 5.41) is 2.66. The number of methoxy groups -OCH3 is 1. The van der Waals surface area contributed by atoms with Gasteiger partial charge in [0.2, 0.25) is 6.10 Å². The van der Waals surface area contributed by atoms with Gasteiger partial charge in [0.15, 0.2) is 5.76 Å². The van der Waals surface area contributed by atoms with Crippen LogP contribution < -0.4 is 0 Å². The number of nitrogens with zero attached hydrogens (tertiary/aromatic N) is 1. The van der Waals surface area contributed by atoms with Crippen LogP contribution in [0, 0.1) is 0 Å². The molecule has 0 N–H and O–H groups in total. The van der Waals surface area contributed by atoms with Crippen LogP contribution >= 0.6 is 11.3 Å². The highest BCUT2D eigenvalue weighted by Crippen LogP contribution is 2.28. The number of thiazole rings is 1. The molecule has 0 fully saturated rings. The van der Waals surface area contributed by atoms with Crippen molar-refractivity contribution in [1.82, 2.24) is 4.98 Å². The zero-order valence-electron chi connectivity index (χ0n) is 7.97. The quantitative estimate of drug-likeness (QED) is 0.778. The average Bonchev–Trinajstić information content (AvgIpc) is 2.81. The predicted molar refractivity (Wildman–Crippen MR) is 55.7 cm³/mol. The summed E-state index contributed by atoms with van der Waals surface area (Å²) in [6.45, 7) is 0. The van der Waals surface area contributed by atoms with Gasteiger partial charge in [0.1, 0.15) is 5.01 Å². The summed E-state index contributed by atoms with van der Waals surface area (Å²) in [4.78, 5) is 14.8. The summed E-state index contributed by atoms with van der Waals surface area (Å²) >= 11 is 1.48. The molecule has 0 aromatic carbocycles. The molecule has 15 heavy (non-hydrogen) atoms. The number of hydrogen-bond acceptors (Lipinski definition) is 5. The maximum atomic E-state index is 10.6. The normalized spacial score (nSPS) is 19.9. The zero-order valence-corrected chi connectivity index (χ0v) is 8.78. The topological polar surface area (TPSA) is 48.4 Å². The number of allylic oxidation sites excluding steroid dienone is 2. The molecule has 1 atom stereocenters. The first-order valence-electron chi connectivity index (χ1n) is 4.24. The molecule has 1 aliphatic rings. The molecule has 1 radical (unpaired) electrons. The molecule has 1 aliphatic heterocycles. The fraction of sp³-hybridized carbons (Fsp3) is 0.200. The van der Waals surface area contributed by atoms with E-state index in [0.29, 0.717) is 5.76 Å². The predicted octanol–water partition coefficient (Wildman–Crippen LogP) is 1.52. The van der Waals surface area contributed by atoms with Crippen LogP contribution in [-0.2, 0) is 14.3 Å². The van der Waals surface area contributed by atoms with Gasteiger partial charge in [-0.25, -0.2) is 4.98 Å². The Morgan fingerprint density at radius 3 is 3.13 bits per heavy atom. The third kappa shape index (κ3) is 1.78. The Morgan fingerprint density at radius 2 is 2.53 bits per heavy atom. The molecule has 1 unspecified atom stereocenters. The lowest BCUT2D eigenvalue weighted by atomic mass is 10.1. The van der Waals surface area contributed by atoms with Crippen molar-refractivity contribution in [2.45, 2.75) is 6.10 Å². The van der Waals surface area contributed by atoms with Gasteiger partial charge in [-0.2, -0.15) is 0 Å². The lowest BCUT2D eigenvalue weighted by molar-refractivity contribution is 0.147. The molecular formula is C10H8NO3S. The van der Waals surface area contributed by atoms with Crippen LogP contribution in [0.25, 0.3) is 5.57 Å². The van der Waals surface area contributed by atoms with E-state index in [0.717, 1.165) is 10.6 Å². The van der Waals surface area contributed by atoms with E-state index in [1.54, 1.807) is 18.6 Å². The molecule has 0 spiro atoms. The molecule has 1 aromatic heterocycles. The highest BCUT2D eigenvalue weighted by molar-refractivity contribution is 7.10. The second kappa shape index (κ2) is 4.27. The van der Waals surface area contributed by atoms with Crippen molar-refractivity contribution in [1.29, 1.82) is 0 Å². The summed E-state index contributed by atoms with van der Waals surface area (Å²) < 4.78 is 10.2. The SMILES string of the molecule is COC1=C(c2nccs2)C=COC1[C]=O. The molecule has 0 saturated carbocycles. The van der Waals surface area contributed by atoms with Gasteiger partial charge in [0, 0.05) is 11.6 Å². The Balaban J connectivity index is 2.45. The number of aromatic nitrogens is 1. The molecule has 0 bridgehead atoms. The van der Waals surface area contributed by atoms with E-state index >= 15 is 0 Å². The van der Waals surface area contributed by atoms with Crippen molar-refractivity contribution in [3.63, 3.8) is 0 Å². The first kappa shape index (κ1) is 9.92. The molecule has 1 aromatic rings. The van der Waals surface area contributed by atoms with Gasteiger partial charge in [0.25, 0.3) is 6.29 Å². The highest BCUT2D eigenvalue weighted by atomic mass is 32.1. The van der Waals surface area contributed by atoms with E-state index < -0.39 is 6.10 Å². The van der Waals surface area contributed by atoms with Crippen LogP contribution in [0.3, 0.4) is 0 Å². The monoisotopic (exact) mass is 222 g/mol. The molecule has 2 rings (SSSR count). The number of ether oxygens (including phenoxy) is 2. The van der Waals surface area contributed by atoms with Gasteiger partial charge in [0.05, 0.1) is 18.9 Å². The molecule has 5 heteroatoms. The van der Waals surface area contributed by atoms with Crippen molar-refractivity contribution in [3.8, 4) is 0 Å². The van der Waals surface area contributed by atoms with Gasteiger partial charge >= 0.3 is 0 Å². The van der Waals surface area contributed by atoms with E-state index in [4.69, 9.17) is 9.47 Å². The lowest BCUT2D eigenvalue weighted by Gasteiger charge is -2.18. The van der Waals surface area contributed by atoms with Crippen LogP contribution in [0.15, 0.2) is 29.7 Å². The fourth-order valence-corrected chi connectivity index (χ4v) is 1.97. The van der Waals surface area contributed by atoms with Gasteiger partial charge < -0.3 is 9.47 Å². The van der Waals surface area contributed by atoms with Crippen molar-refractivity contribution >= 4 is 23.2 Å². The molecule has 0 saturated heterocycles. The number of hydrogen-bond donors (Lipinski definition) is 0. The van der Waals surface area contributed by atoms with Crippen LogP contribution in [0.5, 0.6) is 0 Å². The van der Waals surface area contributed by atoms with E-state index in [-0.39, 0.29) is 0 Å². The third-order valence-corrected chi connectivity index (χ3v) is 2.75. The molecular weight excluding hydrogens is 214 g/mol. The molecule has 0 aliphatic carbocycles. The van der Waals surface area contributed by atoms with Gasteiger partial charge in [-0.3, -0.25) is 4.79 Å². The fourth-order valence-electron chi connectivity index (χ4n) is 1.30. The standard InChI is InChI=1S/C10H8NO3S/c1-13-9-7(10-11-3-5-15-10)2-4-14-8(9)6-12/h2-5,8H,1H3. The first-order valence-corrected chi connectivity index (χ1v) is 5.12. The van der Waals surface area contributed by atoms with E-state index in [1.165, 1.54) is 24.7 Å². The Kier molecular flexibility index (Phi) is 2.82. The van der Waals surface area contributed by atoms with Crippen LogP contribution in [-0.4, -0.2) is 24.5 Å². The number of rotatable bonds is 3. The van der Waals surface area contributed by atoms with Gasteiger partial charge in [-0.05, 0) is 6.08 Å². The Hall–Kier alpha value is -1.62. The van der Waals surface area contributed by atoms with E-state index in [9.17, 15) is 4.79 Å². The summed E-state index contributed by atoms with van der Waals surface area (Å²) in [7, 11) is 1.50. The van der Waals surface area contributed by atoms with Crippen molar-refractivity contribution in [2.24, 2.45) is 0 Å². The zero-order chi connectivity index (χ0) is 10.7. The molecule has 2 heterocycles. The molecule has 77 valence electrons. The minimum atomic E-state index is -0.793. The smallest absolute Gasteiger partial charge is 0.251 e. The minimum Gasteiger partial charge on any atom is -0.496 e. The summed E-state index contributed by atoms with van der Waals surface area (Å²) in [6, 6.07) is 0. The van der Waals surface area contributed by atoms with E-state index in [2.05, 4.69) is 4.98 Å². The minimum absolute atomic E-state index is 0.447. The Bertz CT molecular complexity index is 408. The Morgan fingerprint density at radius 1 is 1.67 bits per heavy atom. The average molecular weight is 222 g/mol. The second-order valence-corrected chi connectivity index (χ2v) is 3.65. The molecule has 0 amide bonds. The van der Waals surface area contributed by atoms with Crippen LogP contribution in [0.1, 0.15) is 5.01 Å². The van der Waals surface area contributed by atoms with Crippen LogP contribution in [0.2, 0.25) is 0 Å². The summed E-state index contributed by atoms with van der Waals surface area (Å²) in [6.07, 6.45) is 5.85. The Labute approximate surface area is 90.8 Å². The van der Waals surface area contributed by atoms with E-state index in [1.807, 2.05) is 5.38 Å². The van der Waals surface area contributed by atoms with Crippen molar-refractivity contribution < 1.29 is 14.3 Å². The number of carbonyl (C=O) groups excluding carboxylic acids is 1. The maximum absolute atomic E-state index is 10.6. The second-order valence-electron chi connectivity index (χ2n) is 2.76. The lowest BCUT2D eigenvalue weighted by Crippen LogP contribution is -2.20.